The van der Waals surface area contributed by atoms with Crippen LogP contribution in [0.3, 0.4) is 0 Å². The van der Waals surface area contributed by atoms with Gasteiger partial charge in [-0.2, -0.15) is 0 Å². The standard InChI is InChI=1S/C24H46N4O8/c1-5-21(19(4)29)28-24(32)17-36-15-13-34-11-9-27-23(31)16-35-14-12-33-10-8-26-22(30)7-6-20(25)18(2)3/h18,20-21H,5-17,25H2,1-4H3,(H,26,30)(H,27,31)(H,28,32)/t20-,21-/m0/s1. The molecule has 210 valence electrons. The van der Waals surface area contributed by atoms with Crippen molar-refractivity contribution in [3.05, 3.63) is 0 Å². The van der Waals surface area contributed by atoms with Gasteiger partial charge in [-0.3, -0.25) is 19.2 Å². The molecule has 0 rings (SSSR count). The van der Waals surface area contributed by atoms with E-state index in [1.54, 1.807) is 0 Å². The topological polar surface area (TPSA) is 167 Å². The first-order valence-corrected chi connectivity index (χ1v) is 12.6. The Morgan fingerprint density at radius 3 is 1.75 bits per heavy atom. The van der Waals surface area contributed by atoms with Crippen LogP contribution in [0.15, 0.2) is 0 Å². The van der Waals surface area contributed by atoms with Crippen LogP contribution in [0.1, 0.15) is 47.0 Å². The highest BCUT2D eigenvalue weighted by molar-refractivity contribution is 5.87. The zero-order chi connectivity index (χ0) is 27.2. The lowest BCUT2D eigenvalue weighted by Crippen LogP contribution is -2.41. The predicted molar refractivity (Wildman–Crippen MR) is 134 cm³/mol. The van der Waals surface area contributed by atoms with Crippen molar-refractivity contribution in [2.24, 2.45) is 11.7 Å². The molecule has 0 radical (unpaired) electrons. The number of amides is 3. The Bertz CT molecular complexity index is 633. The van der Waals surface area contributed by atoms with Gasteiger partial charge in [0.25, 0.3) is 0 Å². The van der Waals surface area contributed by atoms with Crippen molar-refractivity contribution in [1.82, 2.24) is 16.0 Å². The smallest absolute Gasteiger partial charge is 0.246 e. The lowest BCUT2D eigenvalue weighted by Gasteiger charge is -2.14. The van der Waals surface area contributed by atoms with Gasteiger partial charge in [0.15, 0.2) is 5.78 Å². The molecule has 0 aliphatic rings. The molecule has 0 aliphatic carbocycles. The van der Waals surface area contributed by atoms with E-state index in [1.165, 1.54) is 6.92 Å². The number of carbonyl (C=O) groups excluding carboxylic acids is 4. The Labute approximate surface area is 214 Å². The van der Waals surface area contributed by atoms with Gasteiger partial charge in [-0.15, -0.1) is 0 Å². The molecule has 0 aromatic heterocycles. The fraction of sp³-hybridized carbons (Fsp3) is 0.833. The lowest BCUT2D eigenvalue weighted by molar-refractivity contribution is -0.130. The molecule has 5 N–H and O–H groups in total. The third kappa shape index (κ3) is 20.1. The van der Waals surface area contributed by atoms with Crippen LogP contribution in [0.25, 0.3) is 0 Å². The highest BCUT2D eigenvalue weighted by atomic mass is 16.5. The van der Waals surface area contributed by atoms with Gasteiger partial charge in [-0.25, -0.2) is 0 Å². The molecule has 2 atom stereocenters. The number of carbonyl (C=O) groups is 4. The number of rotatable bonds is 23. The molecule has 12 heteroatoms. The van der Waals surface area contributed by atoms with Crippen LogP contribution in [0.5, 0.6) is 0 Å². The van der Waals surface area contributed by atoms with Crippen molar-refractivity contribution >= 4 is 23.5 Å². The van der Waals surface area contributed by atoms with E-state index in [4.69, 9.17) is 24.7 Å². The maximum Gasteiger partial charge on any atom is 0.246 e. The van der Waals surface area contributed by atoms with Crippen molar-refractivity contribution < 1.29 is 38.1 Å². The normalized spacial score (nSPS) is 12.7. The van der Waals surface area contributed by atoms with Gasteiger partial charge in [0.2, 0.25) is 17.7 Å². The van der Waals surface area contributed by atoms with Crippen LogP contribution in [0, 0.1) is 5.92 Å². The molecule has 0 heterocycles. The Kier molecular flexibility index (Phi) is 20.8. The van der Waals surface area contributed by atoms with E-state index >= 15 is 0 Å². The predicted octanol–water partition coefficient (Wildman–Crippen LogP) is -0.467. The van der Waals surface area contributed by atoms with E-state index in [2.05, 4.69) is 16.0 Å². The number of ether oxygens (including phenoxy) is 4. The molecule has 0 aromatic rings. The van der Waals surface area contributed by atoms with Crippen molar-refractivity contribution in [3.8, 4) is 0 Å². The lowest BCUT2D eigenvalue weighted by atomic mass is 10.0. The highest BCUT2D eigenvalue weighted by Crippen LogP contribution is 2.05. The summed E-state index contributed by atoms with van der Waals surface area (Å²) in [5, 5.41) is 8.03. The number of Topliss-reactive ketones (excluding diaryl/α,β-unsaturated/α-hetero) is 1. The van der Waals surface area contributed by atoms with Crippen LogP contribution in [0.2, 0.25) is 0 Å². The Hall–Kier alpha value is -2.12. The Morgan fingerprint density at radius 2 is 1.25 bits per heavy atom. The summed E-state index contributed by atoms with van der Waals surface area (Å²) >= 11 is 0. The first-order valence-electron chi connectivity index (χ1n) is 12.6. The van der Waals surface area contributed by atoms with Crippen LogP contribution < -0.4 is 21.7 Å². The van der Waals surface area contributed by atoms with E-state index in [1.807, 2.05) is 20.8 Å². The summed E-state index contributed by atoms with van der Waals surface area (Å²) in [6, 6.07) is -0.462. The maximum atomic E-state index is 11.7. The molecular weight excluding hydrogens is 472 g/mol. The summed E-state index contributed by atoms with van der Waals surface area (Å²) < 4.78 is 21.1. The molecule has 3 amide bonds. The summed E-state index contributed by atoms with van der Waals surface area (Å²) in [4.78, 5) is 46.4. The molecule has 0 saturated carbocycles. The zero-order valence-electron chi connectivity index (χ0n) is 22.3. The van der Waals surface area contributed by atoms with Gasteiger partial charge in [0, 0.05) is 25.6 Å². The van der Waals surface area contributed by atoms with E-state index in [-0.39, 0.29) is 62.6 Å². The first kappa shape index (κ1) is 33.9. The van der Waals surface area contributed by atoms with Crippen molar-refractivity contribution in [2.45, 2.75) is 59.0 Å². The molecule has 0 aliphatic heterocycles. The second-order valence-electron chi connectivity index (χ2n) is 8.62. The summed E-state index contributed by atoms with van der Waals surface area (Å²) in [7, 11) is 0. The molecule has 0 spiro atoms. The monoisotopic (exact) mass is 518 g/mol. The SMILES string of the molecule is CC[C@H](NC(=O)COCCOCCNC(=O)COCCOCCNC(=O)CC[C@H](N)C(C)C)C(C)=O. The highest BCUT2D eigenvalue weighted by Gasteiger charge is 2.14. The molecule has 12 nitrogen and oxygen atoms in total. The van der Waals surface area contributed by atoms with Crippen molar-refractivity contribution in [2.75, 3.05) is 65.9 Å². The number of nitrogens with two attached hydrogens (primary N) is 1. The summed E-state index contributed by atoms with van der Waals surface area (Å²) in [6.45, 7) is 9.53. The fourth-order valence-electron chi connectivity index (χ4n) is 2.79. The summed E-state index contributed by atoms with van der Waals surface area (Å²) in [5.74, 6) is -0.401. The van der Waals surface area contributed by atoms with E-state index < -0.39 is 6.04 Å². The minimum atomic E-state index is -0.485. The van der Waals surface area contributed by atoms with Gasteiger partial charge < -0.3 is 40.6 Å². The summed E-state index contributed by atoms with van der Waals surface area (Å²) in [5.41, 5.74) is 5.92. The minimum Gasteiger partial charge on any atom is -0.377 e. The second kappa shape index (κ2) is 22.1. The van der Waals surface area contributed by atoms with Crippen LogP contribution in [-0.4, -0.2) is 102 Å². The fourth-order valence-corrected chi connectivity index (χ4v) is 2.79. The largest absolute Gasteiger partial charge is 0.377 e. The maximum absolute atomic E-state index is 11.7. The third-order valence-corrected chi connectivity index (χ3v) is 5.14. The number of hydrogen-bond acceptors (Lipinski definition) is 9. The van der Waals surface area contributed by atoms with E-state index in [0.717, 1.165) is 0 Å². The number of nitrogens with one attached hydrogen (secondary N) is 3. The first-order chi connectivity index (χ1) is 17.2. The van der Waals surface area contributed by atoms with Gasteiger partial charge in [-0.1, -0.05) is 20.8 Å². The van der Waals surface area contributed by atoms with Gasteiger partial charge in [0.05, 0.1) is 45.7 Å². The van der Waals surface area contributed by atoms with E-state index in [9.17, 15) is 19.2 Å². The molecular formula is C24H46N4O8. The average molecular weight is 519 g/mol. The van der Waals surface area contributed by atoms with Crippen LogP contribution in [-0.2, 0) is 38.1 Å². The second-order valence-corrected chi connectivity index (χ2v) is 8.62. The Balaban J connectivity index is 3.47. The third-order valence-electron chi connectivity index (χ3n) is 5.14. The molecule has 36 heavy (non-hydrogen) atoms. The molecule has 0 saturated heterocycles. The average Bonchev–Trinajstić information content (AvgIpc) is 2.83. The minimum absolute atomic E-state index is 0.0222. The molecule has 0 unspecified atom stereocenters. The van der Waals surface area contributed by atoms with Crippen molar-refractivity contribution in [1.29, 1.82) is 0 Å². The molecule has 0 aromatic carbocycles. The molecule has 0 bridgehead atoms. The van der Waals surface area contributed by atoms with Crippen molar-refractivity contribution in [3.63, 3.8) is 0 Å². The Morgan fingerprint density at radius 1 is 0.750 bits per heavy atom. The van der Waals surface area contributed by atoms with Gasteiger partial charge in [0.1, 0.15) is 13.2 Å². The number of ketones is 1. The summed E-state index contributed by atoms with van der Waals surface area (Å²) in [6.07, 6.45) is 1.59. The quantitative estimate of drug-likeness (QED) is 0.131. The van der Waals surface area contributed by atoms with Crippen LogP contribution in [0.4, 0.5) is 0 Å². The van der Waals surface area contributed by atoms with Gasteiger partial charge >= 0.3 is 0 Å². The van der Waals surface area contributed by atoms with E-state index in [0.29, 0.717) is 58.1 Å². The van der Waals surface area contributed by atoms with Crippen LogP contribution >= 0.6 is 0 Å². The molecule has 0 fully saturated rings. The zero-order valence-corrected chi connectivity index (χ0v) is 22.3. The van der Waals surface area contributed by atoms with Gasteiger partial charge in [-0.05, 0) is 25.7 Å². The number of hydrogen-bond donors (Lipinski definition) is 4.